The fourth-order valence-electron chi connectivity index (χ4n) is 5.46. The third-order valence-corrected chi connectivity index (χ3v) is 7.24. The molecule has 0 saturated carbocycles. The number of methoxy groups -OCH3 is 1. The van der Waals surface area contributed by atoms with E-state index in [1.54, 1.807) is 12.1 Å². The molecule has 2 bridgehead atoms. The summed E-state index contributed by atoms with van der Waals surface area (Å²) >= 11 is 9.99. The van der Waals surface area contributed by atoms with E-state index in [4.69, 9.17) is 30.0 Å². The van der Waals surface area contributed by atoms with Crippen LogP contribution in [-0.2, 0) is 60.4 Å². The molecule has 35 heavy (non-hydrogen) atoms. The predicted octanol–water partition coefficient (Wildman–Crippen LogP) is 1.36. The number of benzene rings is 1. The molecule has 1 aromatic rings. The first-order valence-corrected chi connectivity index (χ1v) is 12.8. The molecule has 0 aromatic heterocycles. The van der Waals surface area contributed by atoms with E-state index in [2.05, 4.69) is 14.8 Å². The zero-order chi connectivity index (χ0) is 23.8. The monoisotopic (exact) mass is 607 g/mol. The zero-order valence-corrected chi connectivity index (χ0v) is 23.4. The summed E-state index contributed by atoms with van der Waals surface area (Å²) in [4.78, 5) is 21.3. The second-order valence-electron chi connectivity index (χ2n) is 8.79. The molecule has 11 heteroatoms. The van der Waals surface area contributed by atoms with E-state index in [9.17, 15) is 14.3 Å². The van der Waals surface area contributed by atoms with Crippen molar-refractivity contribution in [1.29, 1.82) is 0 Å². The van der Waals surface area contributed by atoms with Gasteiger partial charge in [0, 0.05) is 31.1 Å². The second kappa shape index (κ2) is 16.2. The van der Waals surface area contributed by atoms with Crippen LogP contribution in [0, 0.1) is 11.7 Å². The number of carbonyl (C=O) groups is 1. The van der Waals surface area contributed by atoms with Crippen molar-refractivity contribution < 1.29 is 44.6 Å². The number of nitrogens with zero attached hydrogens (tertiary/aromatic N) is 3. The van der Waals surface area contributed by atoms with Gasteiger partial charge in [0.05, 0.1) is 13.0 Å². The van der Waals surface area contributed by atoms with Gasteiger partial charge >= 0.3 is 26.1 Å². The van der Waals surface area contributed by atoms with Gasteiger partial charge < -0.3 is 50.5 Å². The standard InChI is InChI=1S/C24H36FN3O3S2.O.Tc/c1-31-24(30)23-20(17-3-5-18(25)6-4-17)15-19-7-8-21(23)28(19)11-2-10-27(12-14-33)16-22(29)26-9-13-32;;/h3-6,19-21,23,32-33H,2,7-16H2,1H3,(H,26,29);;/q;-2;+5/p-3. The van der Waals surface area contributed by atoms with Crippen LogP contribution in [0.1, 0.15) is 37.2 Å². The first kappa shape index (κ1) is 32.3. The summed E-state index contributed by atoms with van der Waals surface area (Å²) in [5, 5.41) is 12.0. The Labute approximate surface area is 232 Å². The average molecular weight is 609 g/mol. The minimum Gasteiger partial charge on any atom is -2.00 e. The van der Waals surface area contributed by atoms with Crippen molar-refractivity contribution >= 4 is 37.1 Å². The molecule has 2 saturated heterocycles. The van der Waals surface area contributed by atoms with Crippen LogP contribution in [0.3, 0.4) is 0 Å². The predicted molar refractivity (Wildman–Crippen MR) is 131 cm³/mol. The Balaban J connectivity index is 0.00000306. The van der Waals surface area contributed by atoms with Crippen molar-refractivity contribution in [1.82, 2.24) is 9.80 Å². The number of fused-ring (bicyclic) bond motifs is 2. The summed E-state index contributed by atoms with van der Waals surface area (Å²) in [6.45, 7) is 2.94. The Bertz CT molecular complexity index is 805. The van der Waals surface area contributed by atoms with Gasteiger partial charge in [0.15, 0.2) is 0 Å². The maximum Gasteiger partial charge on any atom is 5.00 e. The van der Waals surface area contributed by atoms with E-state index in [1.165, 1.54) is 19.2 Å². The molecule has 1 aromatic carbocycles. The van der Waals surface area contributed by atoms with Crippen molar-refractivity contribution in [3.63, 3.8) is 0 Å². The first-order valence-electron chi connectivity index (χ1n) is 11.7. The van der Waals surface area contributed by atoms with Gasteiger partial charge in [-0.3, -0.25) is 9.69 Å². The fourth-order valence-corrected chi connectivity index (χ4v) is 5.81. The van der Waals surface area contributed by atoms with Gasteiger partial charge in [0.25, 0.3) is 0 Å². The van der Waals surface area contributed by atoms with Crippen molar-refractivity contribution in [2.75, 3.05) is 51.3 Å². The molecule has 2 aliphatic rings. The molecule has 2 heterocycles. The summed E-state index contributed by atoms with van der Waals surface area (Å²) in [5.74, 6) is 0.176. The Morgan fingerprint density at radius 1 is 1.23 bits per heavy atom. The van der Waals surface area contributed by atoms with E-state index < -0.39 is 0 Å². The Hall–Kier alpha value is -0.681. The smallest absolute Gasteiger partial charge is 2.00 e. The average Bonchev–Trinajstić information content (AvgIpc) is 3.08. The fraction of sp³-hybridized carbons (Fsp3) is 0.667. The van der Waals surface area contributed by atoms with Gasteiger partial charge in [-0.05, 0) is 68.9 Å². The second-order valence-corrected chi connectivity index (χ2v) is 9.61. The topological polar surface area (TPSA) is 96.7 Å². The summed E-state index contributed by atoms with van der Waals surface area (Å²) < 4.78 is 18.7. The molecule has 0 N–H and O–H groups in total. The van der Waals surface area contributed by atoms with Crippen molar-refractivity contribution in [3.8, 4) is 0 Å². The van der Waals surface area contributed by atoms with E-state index in [-0.39, 0.29) is 67.7 Å². The summed E-state index contributed by atoms with van der Waals surface area (Å²) in [6.07, 6.45) is 3.74. The molecular weight excluding hydrogens is 575 g/mol. The normalized spacial score (nSPS) is 24.1. The van der Waals surface area contributed by atoms with E-state index in [0.29, 0.717) is 30.6 Å². The van der Waals surface area contributed by atoms with Crippen LogP contribution in [0.2, 0.25) is 0 Å². The Kier molecular flexibility index (Phi) is 15.0. The van der Waals surface area contributed by atoms with Crippen molar-refractivity contribution in [2.24, 2.45) is 10.9 Å². The van der Waals surface area contributed by atoms with Crippen LogP contribution in [0.5, 0.6) is 0 Å². The number of rotatable bonds is 12. The minimum absolute atomic E-state index is 0. The summed E-state index contributed by atoms with van der Waals surface area (Å²) in [7, 11) is 1.44. The molecule has 0 amide bonds. The Morgan fingerprint density at radius 2 is 1.94 bits per heavy atom. The summed E-state index contributed by atoms with van der Waals surface area (Å²) in [6, 6.07) is 7.03. The maximum absolute atomic E-state index is 13.5. The number of hydrogen-bond donors (Lipinski definition) is 0. The molecule has 2 aliphatic heterocycles. The molecule has 4 atom stereocenters. The number of ether oxygens (including phenoxy) is 1. The SMILES string of the molecule is COC(=O)C1C(c2ccc(F)cc2)CC2CCC1N2CCCN(CC[S-])CC([O-])=NCC[S-].[O-2].[Tc+5]. The zero-order valence-electron chi connectivity index (χ0n) is 19.9. The minimum atomic E-state index is -0.271. The molecule has 7 nitrogen and oxygen atoms in total. The van der Waals surface area contributed by atoms with Crippen molar-refractivity contribution in [2.45, 2.75) is 43.7 Å². The van der Waals surface area contributed by atoms with Gasteiger partial charge in [-0.25, -0.2) is 4.39 Å². The quantitative estimate of drug-likeness (QED) is 0.153. The van der Waals surface area contributed by atoms with Crippen molar-refractivity contribution in [3.05, 3.63) is 35.6 Å². The van der Waals surface area contributed by atoms with Crippen LogP contribution in [-0.4, -0.2) is 85.1 Å². The van der Waals surface area contributed by atoms with Crippen LogP contribution < -0.4 is 5.11 Å². The molecule has 0 radical (unpaired) electrons. The molecule has 0 aliphatic carbocycles. The third-order valence-electron chi connectivity index (χ3n) is 6.87. The number of hydrogen-bond acceptors (Lipinski definition) is 8. The van der Waals surface area contributed by atoms with Gasteiger partial charge in [0.1, 0.15) is 5.82 Å². The van der Waals surface area contributed by atoms with Gasteiger partial charge in [-0.2, -0.15) is 11.5 Å². The van der Waals surface area contributed by atoms with Gasteiger partial charge in [0.2, 0.25) is 0 Å². The van der Waals surface area contributed by atoms with Crippen LogP contribution in [0.25, 0.3) is 0 Å². The third kappa shape index (κ3) is 8.69. The number of carbonyl (C=O) groups excluding carboxylic acids is 1. The number of piperidine rings is 1. The largest absolute Gasteiger partial charge is 5.00 e. The molecule has 4 unspecified atom stereocenters. The maximum atomic E-state index is 13.5. The number of esters is 1. The number of aliphatic imine (C=N–C) groups is 1. The van der Waals surface area contributed by atoms with Crippen LogP contribution in [0.15, 0.2) is 29.3 Å². The molecule has 2 fully saturated rings. The molecular formula is C24H33FN3O4S2Tc. The van der Waals surface area contributed by atoms with E-state index >= 15 is 0 Å². The van der Waals surface area contributed by atoms with Gasteiger partial charge in [-0.1, -0.05) is 12.1 Å². The number of halogens is 1. The Morgan fingerprint density at radius 3 is 2.57 bits per heavy atom. The van der Waals surface area contributed by atoms with Gasteiger partial charge in [-0.15, -0.1) is 0 Å². The van der Waals surface area contributed by atoms with Crippen LogP contribution in [0.4, 0.5) is 4.39 Å². The van der Waals surface area contributed by atoms with E-state index in [0.717, 1.165) is 44.3 Å². The van der Waals surface area contributed by atoms with Crippen LogP contribution >= 0.6 is 0 Å². The molecule has 3 rings (SSSR count). The first-order chi connectivity index (χ1) is 16.0. The summed E-state index contributed by atoms with van der Waals surface area (Å²) in [5.41, 5.74) is 1.00. The molecule has 0 spiro atoms. The van der Waals surface area contributed by atoms with E-state index in [1.807, 2.05) is 0 Å². The molecule has 194 valence electrons.